The van der Waals surface area contributed by atoms with Crippen LogP contribution in [0.25, 0.3) is 0 Å². The fraction of sp³-hybridized carbons (Fsp3) is 0.474. The lowest BCUT2D eigenvalue weighted by Crippen LogP contribution is -2.40. The predicted molar refractivity (Wildman–Crippen MR) is 104 cm³/mol. The fourth-order valence-electron chi connectivity index (χ4n) is 3.78. The second kappa shape index (κ2) is 8.02. The van der Waals surface area contributed by atoms with Crippen LogP contribution in [0.3, 0.4) is 0 Å². The second-order valence-electron chi connectivity index (χ2n) is 7.10. The van der Waals surface area contributed by atoms with Gasteiger partial charge in [0, 0.05) is 24.7 Å². The number of nitrogens with zero attached hydrogens (tertiary/aromatic N) is 3. The van der Waals surface area contributed by atoms with Crippen molar-refractivity contribution in [2.24, 2.45) is 0 Å². The van der Waals surface area contributed by atoms with Crippen molar-refractivity contribution < 1.29 is 17.9 Å². The Morgan fingerprint density at radius 3 is 2.64 bits per heavy atom. The third-order valence-electron chi connectivity index (χ3n) is 5.29. The van der Waals surface area contributed by atoms with Crippen molar-refractivity contribution in [3.8, 4) is 0 Å². The van der Waals surface area contributed by atoms with Crippen LogP contribution >= 0.6 is 0 Å². The molecule has 1 aromatic heterocycles. The van der Waals surface area contributed by atoms with Gasteiger partial charge in [-0.2, -0.15) is 9.40 Å². The number of nitrogens with one attached hydrogen (secondary N) is 1. The summed E-state index contributed by atoms with van der Waals surface area (Å²) in [7, 11) is -3.65. The number of ether oxygens (including phenoxy) is 1. The molecule has 1 saturated carbocycles. The van der Waals surface area contributed by atoms with Crippen LogP contribution in [0.15, 0.2) is 41.4 Å². The van der Waals surface area contributed by atoms with Crippen LogP contribution < -0.4 is 5.32 Å². The molecule has 0 unspecified atom stereocenters. The van der Waals surface area contributed by atoms with Gasteiger partial charge in [-0.3, -0.25) is 4.79 Å². The molecule has 2 heterocycles. The molecule has 0 bridgehead atoms. The number of sulfonamides is 1. The highest BCUT2D eigenvalue weighted by molar-refractivity contribution is 7.89. The molecule has 0 spiro atoms. The summed E-state index contributed by atoms with van der Waals surface area (Å²) in [5, 5.41) is 7.23. The number of anilines is 1. The molecule has 1 saturated heterocycles. The maximum Gasteiger partial charge on any atom is 0.256 e. The Labute approximate surface area is 164 Å². The standard InChI is InChI=1S/C19H24N4O4S/c24-19(21-18-8-9-20-23(18)16-5-1-2-6-16)15-4-3-7-17(14-15)28(25,26)22-10-12-27-13-11-22/h3-4,7-9,14,16H,1-2,5-6,10-13H2,(H,21,24). The average Bonchev–Trinajstić information content (AvgIpc) is 3.40. The Kier molecular flexibility index (Phi) is 5.47. The molecule has 4 rings (SSSR count). The number of aromatic nitrogens is 2. The van der Waals surface area contributed by atoms with Crippen molar-refractivity contribution in [3.63, 3.8) is 0 Å². The zero-order valence-corrected chi connectivity index (χ0v) is 16.4. The van der Waals surface area contributed by atoms with Gasteiger partial charge in [-0.15, -0.1) is 0 Å². The second-order valence-corrected chi connectivity index (χ2v) is 9.04. The van der Waals surface area contributed by atoms with Crippen LogP contribution in [0.2, 0.25) is 0 Å². The monoisotopic (exact) mass is 404 g/mol. The van der Waals surface area contributed by atoms with Crippen molar-refractivity contribution in [1.29, 1.82) is 0 Å². The molecule has 2 aromatic rings. The quantitative estimate of drug-likeness (QED) is 0.825. The molecule has 2 fully saturated rings. The molecule has 0 atom stereocenters. The Morgan fingerprint density at radius 2 is 1.89 bits per heavy atom. The number of morpholine rings is 1. The number of benzene rings is 1. The van der Waals surface area contributed by atoms with Crippen LogP contribution in [0.5, 0.6) is 0 Å². The van der Waals surface area contributed by atoms with Crippen LogP contribution in [0.4, 0.5) is 5.82 Å². The highest BCUT2D eigenvalue weighted by Gasteiger charge is 2.27. The SMILES string of the molecule is O=C(Nc1ccnn1C1CCCC1)c1cccc(S(=O)(=O)N2CCOCC2)c1. The van der Waals surface area contributed by atoms with Gasteiger partial charge in [0.15, 0.2) is 0 Å². The predicted octanol–water partition coefficient (Wildman–Crippen LogP) is 2.27. The van der Waals surface area contributed by atoms with E-state index in [1.807, 2.05) is 4.68 Å². The van der Waals surface area contributed by atoms with Crippen molar-refractivity contribution in [1.82, 2.24) is 14.1 Å². The average molecular weight is 404 g/mol. The fourth-order valence-corrected chi connectivity index (χ4v) is 5.23. The molecule has 28 heavy (non-hydrogen) atoms. The minimum absolute atomic E-state index is 0.117. The molecule has 0 radical (unpaired) electrons. The normalized spacial score (nSPS) is 19.0. The number of hydrogen-bond donors (Lipinski definition) is 1. The number of carbonyl (C=O) groups excluding carboxylic acids is 1. The molecule has 1 amide bonds. The summed E-state index contributed by atoms with van der Waals surface area (Å²) in [5.41, 5.74) is 0.300. The van der Waals surface area contributed by atoms with E-state index in [0.29, 0.717) is 43.7 Å². The van der Waals surface area contributed by atoms with E-state index in [1.165, 1.54) is 29.3 Å². The highest BCUT2D eigenvalue weighted by atomic mass is 32.2. The van der Waals surface area contributed by atoms with Gasteiger partial charge in [-0.05, 0) is 31.0 Å². The van der Waals surface area contributed by atoms with Gasteiger partial charge in [0.05, 0.1) is 30.3 Å². The lowest BCUT2D eigenvalue weighted by atomic mass is 10.2. The number of rotatable bonds is 5. The summed E-state index contributed by atoms with van der Waals surface area (Å²) < 4.78 is 34.1. The summed E-state index contributed by atoms with van der Waals surface area (Å²) in [4.78, 5) is 12.9. The molecule has 1 aliphatic heterocycles. The van der Waals surface area contributed by atoms with Crippen LogP contribution in [0, 0.1) is 0 Å². The van der Waals surface area contributed by atoms with Gasteiger partial charge in [-0.1, -0.05) is 18.9 Å². The Hall–Kier alpha value is -2.23. The molecule has 1 N–H and O–H groups in total. The molecule has 9 heteroatoms. The van der Waals surface area contributed by atoms with Gasteiger partial charge >= 0.3 is 0 Å². The van der Waals surface area contributed by atoms with E-state index in [9.17, 15) is 13.2 Å². The summed E-state index contributed by atoms with van der Waals surface area (Å²) in [6, 6.07) is 8.23. The largest absolute Gasteiger partial charge is 0.379 e. The van der Waals surface area contributed by atoms with E-state index in [1.54, 1.807) is 24.4 Å². The highest BCUT2D eigenvalue weighted by Crippen LogP contribution is 2.31. The minimum atomic E-state index is -3.65. The smallest absolute Gasteiger partial charge is 0.256 e. The lowest BCUT2D eigenvalue weighted by Gasteiger charge is -2.26. The van der Waals surface area contributed by atoms with Crippen LogP contribution in [-0.4, -0.2) is 54.7 Å². The first kappa shape index (κ1) is 19.1. The Bertz CT molecular complexity index is 944. The van der Waals surface area contributed by atoms with Gasteiger partial charge in [0.25, 0.3) is 5.91 Å². The summed E-state index contributed by atoms with van der Waals surface area (Å²) in [6.45, 7) is 1.40. The first-order valence-electron chi connectivity index (χ1n) is 9.58. The minimum Gasteiger partial charge on any atom is -0.379 e. The first-order valence-corrected chi connectivity index (χ1v) is 11.0. The molecule has 1 aliphatic carbocycles. The molecular formula is C19H24N4O4S. The topological polar surface area (TPSA) is 93.5 Å². The van der Waals surface area contributed by atoms with E-state index in [0.717, 1.165) is 12.8 Å². The third kappa shape index (κ3) is 3.82. The first-order chi connectivity index (χ1) is 13.6. The Balaban J connectivity index is 1.53. The van der Waals surface area contributed by atoms with Gasteiger partial charge < -0.3 is 10.1 Å². The maximum absolute atomic E-state index is 12.8. The molecular weight excluding hydrogens is 380 g/mol. The Morgan fingerprint density at radius 1 is 1.14 bits per heavy atom. The van der Waals surface area contributed by atoms with Gasteiger partial charge in [0.1, 0.15) is 5.82 Å². The molecule has 1 aromatic carbocycles. The lowest BCUT2D eigenvalue weighted by molar-refractivity contribution is 0.0730. The van der Waals surface area contributed by atoms with Crippen molar-refractivity contribution in [3.05, 3.63) is 42.1 Å². The summed E-state index contributed by atoms with van der Waals surface area (Å²) in [6.07, 6.45) is 6.11. The zero-order chi connectivity index (χ0) is 19.6. The maximum atomic E-state index is 12.8. The van der Waals surface area contributed by atoms with E-state index < -0.39 is 10.0 Å². The third-order valence-corrected chi connectivity index (χ3v) is 7.18. The zero-order valence-electron chi connectivity index (χ0n) is 15.6. The summed E-state index contributed by atoms with van der Waals surface area (Å²) in [5.74, 6) is 0.289. The van der Waals surface area contributed by atoms with Crippen molar-refractivity contribution >= 4 is 21.7 Å². The van der Waals surface area contributed by atoms with E-state index in [2.05, 4.69) is 10.4 Å². The summed E-state index contributed by atoms with van der Waals surface area (Å²) >= 11 is 0. The van der Waals surface area contributed by atoms with E-state index >= 15 is 0 Å². The molecule has 2 aliphatic rings. The molecule has 150 valence electrons. The van der Waals surface area contributed by atoms with E-state index in [-0.39, 0.29) is 10.8 Å². The van der Waals surface area contributed by atoms with Gasteiger partial charge in [-0.25, -0.2) is 13.1 Å². The number of carbonyl (C=O) groups is 1. The van der Waals surface area contributed by atoms with Gasteiger partial charge in [0.2, 0.25) is 10.0 Å². The van der Waals surface area contributed by atoms with E-state index in [4.69, 9.17) is 4.74 Å². The van der Waals surface area contributed by atoms with Crippen LogP contribution in [0.1, 0.15) is 42.1 Å². The van der Waals surface area contributed by atoms with Crippen molar-refractivity contribution in [2.75, 3.05) is 31.6 Å². The molecule has 8 nitrogen and oxygen atoms in total. The number of hydrogen-bond acceptors (Lipinski definition) is 5. The van der Waals surface area contributed by atoms with Crippen molar-refractivity contribution in [2.45, 2.75) is 36.6 Å². The number of amides is 1. The van der Waals surface area contributed by atoms with Crippen LogP contribution in [-0.2, 0) is 14.8 Å².